The topological polar surface area (TPSA) is 67.1 Å². The zero-order valence-corrected chi connectivity index (χ0v) is 6.40. The van der Waals surface area contributed by atoms with Gasteiger partial charge in [0.2, 0.25) is 0 Å². The third kappa shape index (κ3) is 1.08. The van der Waals surface area contributed by atoms with Gasteiger partial charge in [-0.1, -0.05) is 0 Å². The second-order valence-corrected chi connectivity index (χ2v) is 2.81. The van der Waals surface area contributed by atoms with Gasteiger partial charge in [0.15, 0.2) is 0 Å². The fourth-order valence-corrected chi connectivity index (χ4v) is 1.32. The molecule has 5 heteroatoms. The number of nitrogens with one attached hydrogen (secondary N) is 1. The fourth-order valence-electron chi connectivity index (χ4n) is 1.32. The van der Waals surface area contributed by atoms with Crippen LogP contribution in [0.4, 0.5) is 0 Å². The lowest BCUT2D eigenvalue weighted by atomic mass is 10.1. The molecule has 0 saturated heterocycles. The minimum absolute atomic E-state index is 0.464. The lowest BCUT2D eigenvalue weighted by Gasteiger charge is -2.21. The Hall–Kier alpha value is -1.36. The molecule has 2 rings (SSSR count). The molecule has 1 aliphatic rings. The molecule has 0 radical (unpaired) electrons. The molecule has 1 aromatic rings. The van der Waals surface area contributed by atoms with Gasteiger partial charge in [0, 0.05) is 18.3 Å². The van der Waals surface area contributed by atoms with Crippen molar-refractivity contribution in [2.24, 2.45) is 0 Å². The maximum absolute atomic E-state index is 10.6. The van der Waals surface area contributed by atoms with Crippen LogP contribution in [0.5, 0.6) is 0 Å². The number of aliphatic carboxylic acids is 1. The number of carboxylic acid groups (broad SMARTS) is 1. The molecule has 0 spiro atoms. The quantitative estimate of drug-likeness (QED) is 0.588. The highest BCUT2D eigenvalue weighted by Gasteiger charge is 2.23. The Morgan fingerprint density at radius 2 is 2.67 bits per heavy atom. The van der Waals surface area contributed by atoms with Crippen LogP contribution in [-0.2, 0) is 17.9 Å². The number of nitrogens with zero attached hydrogens (tertiary/aromatic N) is 2. The van der Waals surface area contributed by atoms with E-state index in [4.69, 9.17) is 5.11 Å². The summed E-state index contributed by atoms with van der Waals surface area (Å²) < 4.78 is 1.90. The van der Waals surface area contributed by atoms with Crippen LogP contribution in [0.1, 0.15) is 5.69 Å². The van der Waals surface area contributed by atoms with Crippen molar-refractivity contribution in [2.45, 2.75) is 19.1 Å². The number of rotatable bonds is 1. The van der Waals surface area contributed by atoms with E-state index < -0.39 is 12.0 Å². The predicted molar refractivity (Wildman–Crippen MR) is 40.5 cm³/mol. The fraction of sp³-hybridized carbons (Fsp3) is 0.429. The van der Waals surface area contributed by atoms with Crippen LogP contribution in [-0.4, -0.2) is 26.7 Å². The number of hydrogen-bond donors (Lipinski definition) is 2. The van der Waals surface area contributed by atoms with Gasteiger partial charge in [0.1, 0.15) is 6.04 Å². The molecule has 64 valence electrons. The highest BCUT2D eigenvalue weighted by Crippen LogP contribution is 2.08. The molecule has 1 atom stereocenters. The van der Waals surface area contributed by atoms with E-state index in [0.717, 1.165) is 5.69 Å². The van der Waals surface area contributed by atoms with Crippen LogP contribution < -0.4 is 5.32 Å². The Morgan fingerprint density at radius 3 is 3.42 bits per heavy atom. The van der Waals surface area contributed by atoms with E-state index in [9.17, 15) is 4.79 Å². The largest absolute Gasteiger partial charge is 0.480 e. The van der Waals surface area contributed by atoms with Crippen LogP contribution in [0.25, 0.3) is 0 Å². The summed E-state index contributed by atoms with van der Waals surface area (Å²) in [5, 5.41) is 11.6. The summed E-state index contributed by atoms with van der Waals surface area (Å²) in [6, 6.07) is -0.464. The minimum Gasteiger partial charge on any atom is -0.480 e. The maximum atomic E-state index is 10.6. The normalized spacial score (nSPS) is 21.8. The lowest BCUT2D eigenvalue weighted by Crippen LogP contribution is -2.43. The van der Waals surface area contributed by atoms with Gasteiger partial charge in [-0.15, -0.1) is 0 Å². The van der Waals surface area contributed by atoms with E-state index >= 15 is 0 Å². The van der Waals surface area contributed by atoms with Gasteiger partial charge in [0.05, 0.1) is 13.0 Å². The number of aromatic nitrogens is 2. The summed E-state index contributed by atoms with van der Waals surface area (Å²) in [5.41, 5.74) is 0.973. The number of carboxylic acids is 1. The molecule has 2 heterocycles. The van der Waals surface area contributed by atoms with Crippen molar-refractivity contribution in [3.63, 3.8) is 0 Å². The van der Waals surface area contributed by atoms with Crippen LogP contribution >= 0.6 is 0 Å². The predicted octanol–water partition coefficient (Wildman–Crippen LogP) is -0.560. The van der Waals surface area contributed by atoms with Gasteiger partial charge in [-0.3, -0.25) is 10.1 Å². The van der Waals surface area contributed by atoms with E-state index in [1.165, 1.54) is 0 Å². The Labute approximate surface area is 69.0 Å². The number of imidazole rings is 1. The molecule has 1 aliphatic heterocycles. The van der Waals surface area contributed by atoms with Gasteiger partial charge in [0.25, 0.3) is 0 Å². The van der Waals surface area contributed by atoms with E-state index in [1.54, 1.807) is 12.5 Å². The SMILES string of the molecule is O=C(O)[C@@H]1Cc2cncn2CN1. The van der Waals surface area contributed by atoms with Gasteiger partial charge < -0.3 is 9.67 Å². The first-order valence-electron chi connectivity index (χ1n) is 3.72. The van der Waals surface area contributed by atoms with Crippen molar-refractivity contribution in [3.8, 4) is 0 Å². The number of carbonyl (C=O) groups is 1. The zero-order valence-electron chi connectivity index (χ0n) is 6.40. The van der Waals surface area contributed by atoms with Crippen LogP contribution in [0, 0.1) is 0 Å². The highest BCUT2D eigenvalue weighted by molar-refractivity contribution is 5.73. The van der Waals surface area contributed by atoms with E-state index in [1.807, 2.05) is 4.57 Å². The van der Waals surface area contributed by atoms with Gasteiger partial charge in [-0.05, 0) is 0 Å². The van der Waals surface area contributed by atoms with E-state index in [-0.39, 0.29) is 0 Å². The Morgan fingerprint density at radius 1 is 1.83 bits per heavy atom. The Bertz CT molecular complexity index is 307. The first-order valence-corrected chi connectivity index (χ1v) is 3.72. The molecular weight excluding hydrogens is 158 g/mol. The molecule has 0 aliphatic carbocycles. The molecule has 0 aromatic carbocycles. The van der Waals surface area contributed by atoms with Crippen molar-refractivity contribution in [1.29, 1.82) is 0 Å². The summed E-state index contributed by atoms with van der Waals surface area (Å²) in [5.74, 6) is -0.803. The molecule has 0 fully saturated rings. The number of hydrogen-bond acceptors (Lipinski definition) is 3. The zero-order chi connectivity index (χ0) is 8.55. The first-order chi connectivity index (χ1) is 5.77. The average Bonchev–Trinajstić information content (AvgIpc) is 2.49. The summed E-state index contributed by atoms with van der Waals surface area (Å²) in [6.45, 7) is 0.534. The van der Waals surface area contributed by atoms with Crippen molar-refractivity contribution < 1.29 is 9.90 Å². The third-order valence-electron chi connectivity index (χ3n) is 2.02. The van der Waals surface area contributed by atoms with Crippen LogP contribution in [0.3, 0.4) is 0 Å². The van der Waals surface area contributed by atoms with Gasteiger partial charge in [-0.2, -0.15) is 0 Å². The van der Waals surface area contributed by atoms with Crippen molar-refractivity contribution in [3.05, 3.63) is 18.2 Å². The third-order valence-corrected chi connectivity index (χ3v) is 2.02. The minimum atomic E-state index is -0.803. The molecule has 0 bridgehead atoms. The molecule has 12 heavy (non-hydrogen) atoms. The smallest absolute Gasteiger partial charge is 0.321 e. The van der Waals surface area contributed by atoms with Crippen LogP contribution in [0.15, 0.2) is 12.5 Å². The molecule has 5 nitrogen and oxygen atoms in total. The molecule has 1 aromatic heterocycles. The van der Waals surface area contributed by atoms with Gasteiger partial charge >= 0.3 is 5.97 Å². The van der Waals surface area contributed by atoms with Crippen molar-refractivity contribution in [2.75, 3.05) is 0 Å². The molecule has 0 amide bonds. The summed E-state index contributed by atoms with van der Waals surface area (Å²) in [7, 11) is 0. The van der Waals surface area contributed by atoms with E-state index in [2.05, 4.69) is 10.3 Å². The highest BCUT2D eigenvalue weighted by atomic mass is 16.4. The Balaban J connectivity index is 2.20. The summed E-state index contributed by atoms with van der Waals surface area (Å²) in [6.07, 6.45) is 3.91. The first kappa shape index (κ1) is 7.30. The standard InChI is InChI=1S/C7H9N3O2/c11-7(12)6-1-5-2-8-3-10(5)4-9-6/h2-3,6,9H,1,4H2,(H,11,12)/t6-/m0/s1. The van der Waals surface area contributed by atoms with Crippen LogP contribution in [0.2, 0.25) is 0 Å². The Kier molecular flexibility index (Phi) is 1.58. The summed E-state index contributed by atoms with van der Waals surface area (Å²) >= 11 is 0. The molecule has 0 saturated carbocycles. The van der Waals surface area contributed by atoms with E-state index in [0.29, 0.717) is 13.1 Å². The second-order valence-electron chi connectivity index (χ2n) is 2.81. The van der Waals surface area contributed by atoms with Gasteiger partial charge in [-0.25, -0.2) is 4.98 Å². The summed E-state index contributed by atoms with van der Waals surface area (Å²) in [4.78, 5) is 14.5. The molecule has 2 N–H and O–H groups in total. The maximum Gasteiger partial charge on any atom is 0.321 e. The average molecular weight is 167 g/mol. The van der Waals surface area contributed by atoms with Crippen molar-refractivity contribution in [1.82, 2.24) is 14.9 Å². The van der Waals surface area contributed by atoms with Crippen molar-refractivity contribution >= 4 is 5.97 Å². The monoisotopic (exact) mass is 167 g/mol. The molecular formula is C7H9N3O2. The second kappa shape index (κ2) is 2.60. The molecule has 0 unspecified atom stereocenters. The lowest BCUT2D eigenvalue weighted by molar-refractivity contribution is -0.139. The number of fused-ring (bicyclic) bond motifs is 1.